The molecule has 0 amide bonds. The zero-order valence-electron chi connectivity index (χ0n) is 11.2. The monoisotopic (exact) mass is 291 g/mol. The van der Waals surface area contributed by atoms with Gasteiger partial charge in [0, 0.05) is 5.02 Å². The molecule has 1 aromatic carbocycles. The predicted molar refractivity (Wildman–Crippen MR) is 77.5 cm³/mol. The lowest BCUT2D eigenvalue weighted by atomic mass is 9.85. The first-order valence-electron chi connectivity index (χ1n) is 6.95. The molecule has 0 spiro atoms. The van der Waals surface area contributed by atoms with Crippen molar-refractivity contribution in [3.8, 4) is 0 Å². The first kappa shape index (κ1) is 13.6. The van der Waals surface area contributed by atoms with Crippen LogP contribution >= 0.6 is 11.6 Å². The molecule has 2 atom stereocenters. The summed E-state index contributed by atoms with van der Waals surface area (Å²) in [5.41, 5.74) is 0.483. The molecule has 1 N–H and O–H groups in total. The highest BCUT2D eigenvalue weighted by Crippen LogP contribution is 2.39. The van der Waals surface area contributed by atoms with Gasteiger partial charge in [-0.3, -0.25) is 4.68 Å². The number of halogens is 1. The Kier molecular flexibility index (Phi) is 3.76. The molecule has 0 radical (unpaired) electrons. The lowest BCUT2D eigenvalue weighted by Crippen LogP contribution is -2.39. The zero-order chi connectivity index (χ0) is 14.0. The number of nitrogens with zero attached hydrogens (tertiary/aromatic N) is 3. The van der Waals surface area contributed by atoms with E-state index >= 15 is 0 Å². The van der Waals surface area contributed by atoms with Crippen LogP contribution in [0.5, 0.6) is 0 Å². The van der Waals surface area contributed by atoms with E-state index in [1.165, 1.54) is 11.9 Å². The Hall–Kier alpha value is -1.39. The Bertz CT molecular complexity index is 572. The summed E-state index contributed by atoms with van der Waals surface area (Å²) in [6, 6.07) is 7.89. The van der Waals surface area contributed by atoms with Crippen LogP contribution in [0.3, 0.4) is 0 Å². The molecule has 1 aromatic heterocycles. The summed E-state index contributed by atoms with van der Waals surface area (Å²) in [6.07, 6.45) is 6.93. The van der Waals surface area contributed by atoms with Crippen molar-refractivity contribution in [2.75, 3.05) is 0 Å². The Morgan fingerprint density at radius 3 is 3.10 bits per heavy atom. The summed E-state index contributed by atoms with van der Waals surface area (Å²) in [5.74, 6) is 0.241. The Balaban J connectivity index is 1.74. The third-order valence-electron chi connectivity index (χ3n) is 4.20. The minimum absolute atomic E-state index is 0.241. The number of hydrogen-bond donors (Lipinski definition) is 1. The molecule has 5 heteroatoms. The highest BCUT2D eigenvalue weighted by atomic mass is 35.5. The van der Waals surface area contributed by atoms with Crippen LogP contribution in [-0.4, -0.2) is 25.5 Å². The molecule has 1 saturated carbocycles. The van der Waals surface area contributed by atoms with Crippen LogP contribution in [0, 0.1) is 5.92 Å². The van der Waals surface area contributed by atoms with E-state index in [9.17, 15) is 5.11 Å². The van der Waals surface area contributed by atoms with Crippen molar-refractivity contribution < 1.29 is 5.11 Å². The molecule has 2 aromatic rings. The quantitative estimate of drug-likeness (QED) is 0.942. The maximum Gasteiger partial charge on any atom is 0.137 e. The van der Waals surface area contributed by atoms with Crippen LogP contribution in [0.15, 0.2) is 36.9 Å². The van der Waals surface area contributed by atoms with Gasteiger partial charge in [0.2, 0.25) is 0 Å². The third-order valence-corrected chi connectivity index (χ3v) is 4.43. The Morgan fingerprint density at radius 2 is 2.35 bits per heavy atom. The standard InChI is InChI=1S/C15H18ClN3O/c16-14-5-1-3-12(8-14)7-13-4-2-6-15(13,20)9-19-11-17-10-18-19/h1,3,5,8,10-11,13,20H,2,4,6-7,9H2. The second-order valence-electron chi connectivity index (χ2n) is 5.62. The molecule has 1 fully saturated rings. The van der Waals surface area contributed by atoms with Crippen molar-refractivity contribution in [2.24, 2.45) is 5.92 Å². The van der Waals surface area contributed by atoms with Crippen molar-refractivity contribution in [3.05, 3.63) is 47.5 Å². The molecule has 106 valence electrons. The number of aliphatic hydroxyl groups is 1. The van der Waals surface area contributed by atoms with Gasteiger partial charge in [-0.15, -0.1) is 0 Å². The second kappa shape index (κ2) is 5.54. The topological polar surface area (TPSA) is 50.9 Å². The van der Waals surface area contributed by atoms with Gasteiger partial charge >= 0.3 is 0 Å². The lowest BCUT2D eigenvalue weighted by molar-refractivity contribution is -0.0163. The molecule has 1 heterocycles. The molecule has 0 bridgehead atoms. The first-order valence-corrected chi connectivity index (χ1v) is 7.33. The molecule has 2 unspecified atom stereocenters. The summed E-state index contributed by atoms with van der Waals surface area (Å²) in [7, 11) is 0. The minimum atomic E-state index is -0.698. The molecule has 0 saturated heterocycles. The van der Waals surface area contributed by atoms with Crippen molar-refractivity contribution in [1.29, 1.82) is 0 Å². The average molecular weight is 292 g/mol. The minimum Gasteiger partial charge on any atom is -0.388 e. The molecule has 1 aliphatic carbocycles. The van der Waals surface area contributed by atoms with Crippen LogP contribution in [0.25, 0.3) is 0 Å². The van der Waals surface area contributed by atoms with E-state index in [0.717, 1.165) is 30.7 Å². The highest BCUT2D eigenvalue weighted by molar-refractivity contribution is 6.30. The number of aromatic nitrogens is 3. The van der Waals surface area contributed by atoms with E-state index in [2.05, 4.69) is 16.1 Å². The van der Waals surface area contributed by atoms with E-state index in [4.69, 9.17) is 11.6 Å². The van der Waals surface area contributed by atoms with Crippen LogP contribution in [0.2, 0.25) is 5.02 Å². The van der Waals surface area contributed by atoms with Gasteiger partial charge in [-0.2, -0.15) is 5.10 Å². The van der Waals surface area contributed by atoms with Gasteiger partial charge in [-0.25, -0.2) is 4.98 Å². The van der Waals surface area contributed by atoms with Crippen molar-refractivity contribution >= 4 is 11.6 Å². The fourth-order valence-electron chi connectivity index (χ4n) is 3.17. The average Bonchev–Trinajstić information content (AvgIpc) is 3.01. The maximum atomic E-state index is 10.9. The normalized spacial score (nSPS) is 26.0. The number of benzene rings is 1. The summed E-state index contributed by atoms with van der Waals surface area (Å²) in [6.45, 7) is 0.512. The van der Waals surface area contributed by atoms with Crippen molar-refractivity contribution in [3.63, 3.8) is 0 Å². The van der Waals surface area contributed by atoms with E-state index in [0.29, 0.717) is 6.54 Å². The third kappa shape index (κ3) is 2.86. The summed E-state index contributed by atoms with van der Waals surface area (Å²) in [5, 5.41) is 15.8. The van der Waals surface area contributed by atoms with Gasteiger partial charge in [0.05, 0.1) is 12.1 Å². The van der Waals surface area contributed by atoms with E-state index in [1.807, 2.05) is 18.2 Å². The van der Waals surface area contributed by atoms with E-state index < -0.39 is 5.60 Å². The van der Waals surface area contributed by atoms with Gasteiger partial charge in [0.1, 0.15) is 12.7 Å². The van der Waals surface area contributed by atoms with Crippen molar-refractivity contribution in [1.82, 2.24) is 14.8 Å². The summed E-state index contributed by atoms with van der Waals surface area (Å²) >= 11 is 6.03. The number of rotatable bonds is 4. The van der Waals surface area contributed by atoms with Gasteiger partial charge < -0.3 is 5.11 Å². The fourth-order valence-corrected chi connectivity index (χ4v) is 3.38. The van der Waals surface area contributed by atoms with Gasteiger partial charge in [0.25, 0.3) is 0 Å². The summed E-state index contributed by atoms with van der Waals surface area (Å²) < 4.78 is 1.72. The smallest absolute Gasteiger partial charge is 0.137 e. The van der Waals surface area contributed by atoms with Crippen LogP contribution in [0.1, 0.15) is 24.8 Å². The Labute approximate surface area is 123 Å². The molecular weight excluding hydrogens is 274 g/mol. The molecule has 4 nitrogen and oxygen atoms in total. The zero-order valence-corrected chi connectivity index (χ0v) is 12.0. The van der Waals surface area contributed by atoms with Crippen LogP contribution in [-0.2, 0) is 13.0 Å². The lowest BCUT2D eigenvalue weighted by Gasteiger charge is -2.30. The van der Waals surface area contributed by atoms with Gasteiger partial charge in [-0.1, -0.05) is 30.2 Å². The largest absolute Gasteiger partial charge is 0.388 e. The number of hydrogen-bond acceptors (Lipinski definition) is 3. The SMILES string of the molecule is OC1(Cn2cncn2)CCCC1Cc1cccc(Cl)c1. The van der Waals surface area contributed by atoms with Crippen LogP contribution < -0.4 is 0 Å². The summed E-state index contributed by atoms with van der Waals surface area (Å²) in [4.78, 5) is 3.94. The van der Waals surface area contributed by atoms with E-state index in [1.54, 1.807) is 11.0 Å². The fraction of sp³-hybridized carbons (Fsp3) is 0.467. The molecule has 1 aliphatic rings. The molecule has 20 heavy (non-hydrogen) atoms. The molecule has 3 rings (SSSR count). The first-order chi connectivity index (χ1) is 9.66. The molecular formula is C15H18ClN3O. The van der Waals surface area contributed by atoms with Crippen LogP contribution in [0.4, 0.5) is 0 Å². The van der Waals surface area contributed by atoms with Crippen molar-refractivity contribution in [2.45, 2.75) is 37.8 Å². The van der Waals surface area contributed by atoms with E-state index in [-0.39, 0.29) is 5.92 Å². The Morgan fingerprint density at radius 1 is 1.45 bits per heavy atom. The van der Waals surface area contributed by atoms with Gasteiger partial charge in [-0.05, 0) is 42.9 Å². The maximum absolute atomic E-state index is 10.9. The predicted octanol–water partition coefficient (Wildman–Crippen LogP) is 2.71. The highest BCUT2D eigenvalue weighted by Gasteiger charge is 2.41. The second-order valence-corrected chi connectivity index (χ2v) is 6.06. The molecule has 0 aliphatic heterocycles. The van der Waals surface area contributed by atoms with Gasteiger partial charge in [0.15, 0.2) is 0 Å².